The van der Waals surface area contributed by atoms with Crippen molar-refractivity contribution in [1.29, 1.82) is 0 Å². The first kappa shape index (κ1) is 40.0. The second-order valence-electron chi connectivity index (χ2n) is 18.6. The molecular formula is C70H44. The van der Waals surface area contributed by atoms with Gasteiger partial charge in [0.15, 0.2) is 0 Å². The van der Waals surface area contributed by atoms with E-state index in [0.717, 1.165) is 0 Å². The van der Waals surface area contributed by atoms with Gasteiger partial charge in [0.2, 0.25) is 0 Å². The molecule has 0 atom stereocenters. The number of fused-ring (bicyclic) bond motifs is 7. The summed E-state index contributed by atoms with van der Waals surface area (Å²) in [7, 11) is 0. The summed E-state index contributed by atoms with van der Waals surface area (Å²) in [5.41, 5.74) is 14.8. The van der Waals surface area contributed by atoms with E-state index in [1.54, 1.807) is 0 Å². The summed E-state index contributed by atoms with van der Waals surface area (Å²) in [4.78, 5) is 0. The summed E-state index contributed by atoms with van der Waals surface area (Å²) in [5.74, 6) is 0. The maximum atomic E-state index is 2.41. The van der Waals surface area contributed by atoms with Crippen LogP contribution in [0.4, 0.5) is 0 Å². The fourth-order valence-corrected chi connectivity index (χ4v) is 11.7. The third kappa shape index (κ3) is 6.38. The van der Waals surface area contributed by atoms with E-state index in [9.17, 15) is 0 Å². The van der Waals surface area contributed by atoms with Gasteiger partial charge in [-0.1, -0.05) is 255 Å². The van der Waals surface area contributed by atoms with E-state index in [2.05, 4.69) is 267 Å². The van der Waals surface area contributed by atoms with Crippen molar-refractivity contribution in [1.82, 2.24) is 0 Å². The predicted molar refractivity (Wildman–Crippen MR) is 302 cm³/mol. The van der Waals surface area contributed by atoms with E-state index in [-0.39, 0.29) is 0 Å². The molecule has 0 heterocycles. The Hall–Kier alpha value is -9.10. The average molecular weight is 885 g/mol. The molecule has 0 fully saturated rings. The van der Waals surface area contributed by atoms with Gasteiger partial charge >= 0.3 is 0 Å². The second kappa shape index (κ2) is 16.3. The molecule has 0 bridgehead atoms. The first-order valence-corrected chi connectivity index (χ1v) is 24.3. The summed E-state index contributed by atoms with van der Waals surface area (Å²) in [6.45, 7) is 0. The lowest BCUT2D eigenvalue weighted by Crippen LogP contribution is -1.93. The largest absolute Gasteiger partial charge is 0.0616 e. The molecule has 0 N–H and O–H groups in total. The van der Waals surface area contributed by atoms with Gasteiger partial charge in [0.1, 0.15) is 0 Å². The van der Waals surface area contributed by atoms with E-state index in [1.807, 2.05) is 0 Å². The number of rotatable bonds is 6. The topological polar surface area (TPSA) is 0 Å². The van der Waals surface area contributed by atoms with E-state index < -0.39 is 0 Å². The lowest BCUT2D eigenvalue weighted by atomic mass is 9.83. The Kier molecular flexibility index (Phi) is 9.32. The van der Waals surface area contributed by atoms with Crippen molar-refractivity contribution in [3.8, 4) is 66.8 Å². The van der Waals surface area contributed by atoms with Crippen LogP contribution in [0.2, 0.25) is 0 Å². The molecule has 14 rings (SSSR count). The fraction of sp³-hybridized carbons (Fsp3) is 0. The molecule has 70 heavy (non-hydrogen) atoms. The van der Waals surface area contributed by atoms with Crippen molar-refractivity contribution in [2.24, 2.45) is 0 Å². The summed E-state index contributed by atoms with van der Waals surface area (Å²) < 4.78 is 0. The maximum Gasteiger partial charge on any atom is -0.00201 e. The Labute approximate surface area is 407 Å². The van der Waals surface area contributed by atoms with Crippen LogP contribution in [-0.2, 0) is 0 Å². The highest BCUT2D eigenvalue weighted by molar-refractivity contribution is 6.25. The summed E-state index contributed by atoms with van der Waals surface area (Å²) in [6, 6.07) is 99.1. The first-order chi connectivity index (χ1) is 34.7. The molecule has 14 aromatic rings. The van der Waals surface area contributed by atoms with Crippen molar-refractivity contribution in [2.45, 2.75) is 0 Å². The van der Waals surface area contributed by atoms with Gasteiger partial charge in [0, 0.05) is 0 Å². The minimum atomic E-state index is 1.19. The van der Waals surface area contributed by atoms with Gasteiger partial charge in [0.25, 0.3) is 0 Å². The van der Waals surface area contributed by atoms with Gasteiger partial charge in [-0.15, -0.1) is 0 Å². The quantitative estimate of drug-likeness (QED) is 0.146. The van der Waals surface area contributed by atoms with Crippen LogP contribution in [-0.4, -0.2) is 0 Å². The summed E-state index contributed by atoms with van der Waals surface area (Å²) in [6.07, 6.45) is 0. The number of hydrogen-bond donors (Lipinski definition) is 0. The monoisotopic (exact) mass is 884 g/mol. The highest BCUT2D eigenvalue weighted by atomic mass is 14.2. The molecule has 0 aliphatic heterocycles. The van der Waals surface area contributed by atoms with Crippen molar-refractivity contribution in [3.63, 3.8) is 0 Å². The molecule has 0 saturated carbocycles. The minimum absolute atomic E-state index is 1.19. The smallest absolute Gasteiger partial charge is 0.00201 e. The highest BCUT2D eigenvalue weighted by Gasteiger charge is 2.21. The highest BCUT2D eigenvalue weighted by Crippen LogP contribution is 2.48. The standard InChI is InChI=1S/C70H44/c1-2-20-48-43-51(38-37-45(48)17-1)68-63-29-9-11-31-65(63)70(66-32-12-10-30-64(66)68)67-42-39-54(56-27-7-8-28-59(56)67)49-23-13-24-50(44-49)55-40-41-60(57-33-14-21-46-18-3-5-25-52(46)57)62-36-16-35-61(69(55)62)58-34-15-22-47-19-4-6-26-53(47)58/h1-44H. The Morgan fingerprint density at radius 1 is 0.157 bits per heavy atom. The van der Waals surface area contributed by atoms with E-state index >= 15 is 0 Å². The molecule has 324 valence electrons. The number of benzene rings is 14. The lowest BCUT2D eigenvalue weighted by molar-refractivity contribution is 1.61. The predicted octanol–water partition coefficient (Wildman–Crippen LogP) is 19.8. The van der Waals surface area contributed by atoms with Crippen molar-refractivity contribution in [3.05, 3.63) is 267 Å². The molecule has 0 radical (unpaired) electrons. The van der Waals surface area contributed by atoms with Gasteiger partial charge in [-0.3, -0.25) is 0 Å². The molecule has 0 nitrogen and oxygen atoms in total. The van der Waals surface area contributed by atoms with Gasteiger partial charge in [0.05, 0.1) is 0 Å². The fourth-order valence-electron chi connectivity index (χ4n) is 11.7. The Morgan fingerprint density at radius 2 is 0.557 bits per heavy atom. The second-order valence-corrected chi connectivity index (χ2v) is 18.6. The molecule has 14 aromatic carbocycles. The zero-order chi connectivity index (χ0) is 46.1. The number of hydrogen-bond acceptors (Lipinski definition) is 0. The maximum absolute atomic E-state index is 2.41. The van der Waals surface area contributed by atoms with Crippen LogP contribution in [0.5, 0.6) is 0 Å². The molecule has 0 aromatic heterocycles. The van der Waals surface area contributed by atoms with Crippen LogP contribution < -0.4 is 0 Å². The van der Waals surface area contributed by atoms with Gasteiger partial charge in [-0.2, -0.15) is 0 Å². The van der Waals surface area contributed by atoms with Crippen LogP contribution in [0.1, 0.15) is 0 Å². The van der Waals surface area contributed by atoms with Crippen molar-refractivity contribution in [2.75, 3.05) is 0 Å². The third-order valence-corrected chi connectivity index (χ3v) is 14.8. The Balaban J connectivity index is 0.969. The molecule has 0 aliphatic rings. The third-order valence-electron chi connectivity index (χ3n) is 14.8. The van der Waals surface area contributed by atoms with Crippen LogP contribution in [0.25, 0.3) is 142 Å². The molecule has 0 saturated heterocycles. The van der Waals surface area contributed by atoms with Crippen LogP contribution in [0.3, 0.4) is 0 Å². The molecule has 0 amide bonds. The zero-order valence-electron chi connectivity index (χ0n) is 38.4. The summed E-state index contributed by atoms with van der Waals surface area (Å²) >= 11 is 0. The van der Waals surface area contributed by atoms with Crippen LogP contribution in [0.15, 0.2) is 267 Å². The lowest BCUT2D eigenvalue weighted by Gasteiger charge is -2.20. The SMILES string of the molecule is c1cc(-c2ccc(-c3c4ccccc4c(-c4ccc5ccccc5c4)c4ccccc34)c3ccccc23)cc(-c2ccc(-c3cccc4ccccc34)c3cccc(-c4cccc5ccccc45)c23)c1. The van der Waals surface area contributed by atoms with Gasteiger partial charge in [-0.05, 0) is 154 Å². The van der Waals surface area contributed by atoms with Crippen molar-refractivity contribution < 1.29 is 0 Å². The van der Waals surface area contributed by atoms with Crippen molar-refractivity contribution >= 4 is 75.4 Å². The molecule has 0 spiro atoms. The van der Waals surface area contributed by atoms with Crippen LogP contribution in [0, 0.1) is 0 Å². The molecular weight excluding hydrogens is 841 g/mol. The minimum Gasteiger partial charge on any atom is -0.0616 e. The van der Waals surface area contributed by atoms with E-state index in [0.29, 0.717) is 0 Å². The zero-order valence-corrected chi connectivity index (χ0v) is 38.4. The normalized spacial score (nSPS) is 11.7. The van der Waals surface area contributed by atoms with Crippen LogP contribution >= 0.6 is 0 Å². The summed E-state index contributed by atoms with van der Waals surface area (Å²) in [5, 5.41) is 17.5. The Morgan fingerprint density at radius 3 is 1.21 bits per heavy atom. The molecule has 0 unspecified atom stereocenters. The molecule has 0 aliphatic carbocycles. The van der Waals surface area contributed by atoms with E-state index in [1.165, 1.54) is 142 Å². The molecule has 0 heteroatoms. The van der Waals surface area contributed by atoms with Gasteiger partial charge < -0.3 is 0 Å². The van der Waals surface area contributed by atoms with Gasteiger partial charge in [-0.25, -0.2) is 0 Å². The average Bonchev–Trinajstić information content (AvgIpc) is 3.43. The first-order valence-electron chi connectivity index (χ1n) is 24.3. The Bertz CT molecular complexity index is 4350. The van der Waals surface area contributed by atoms with E-state index in [4.69, 9.17) is 0 Å².